The molecule has 0 unspecified atom stereocenters. The van der Waals surface area contributed by atoms with Crippen LogP contribution in [0.2, 0.25) is 0 Å². The zero-order chi connectivity index (χ0) is 41.0. The maximum Gasteiger partial charge on any atom is 0.0757 e. The molecule has 6 heterocycles. The molecule has 2 N–H and O–H groups in total. The Labute approximate surface area is 368 Å². The molecule has 12 rings (SSSR count). The van der Waals surface area contributed by atoms with Crippen molar-refractivity contribution < 1.29 is 0 Å². The van der Waals surface area contributed by atoms with Crippen LogP contribution in [0.5, 0.6) is 0 Å². The maximum atomic E-state index is 5.60. The Morgan fingerprint density at radius 2 is 0.839 bits per heavy atom. The first-order valence-electron chi connectivity index (χ1n) is 21.2. The molecule has 1 fully saturated rings. The highest BCUT2D eigenvalue weighted by Crippen LogP contribution is 2.47. The Balaban J connectivity index is 1.22. The van der Waals surface area contributed by atoms with E-state index in [1.165, 1.54) is 45.0 Å². The molecule has 3 aliphatic heterocycles. The van der Waals surface area contributed by atoms with Gasteiger partial charge in [0.1, 0.15) is 0 Å². The van der Waals surface area contributed by atoms with E-state index in [0.717, 1.165) is 89.4 Å². The van der Waals surface area contributed by atoms with Gasteiger partial charge in [0.15, 0.2) is 0 Å². The SMILES string of the molecule is C1=Cc2nc1c(-c1ccccc1)c1ccc([nH]1)c(-c1ccccc1)c1nc(c(-c3cccc4cc5cccc(C6SCCCS6)c5cc34)c3ccc([nH]3)c2-c2ccccc2)C=C1. The summed E-state index contributed by atoms with van der Waals surface area (Å²) >= 11 is 4.16. The molecule has 4 nitrogen and oxygen atoms in total. The summed E-state index contributed by atoms with van der Waals surface area (Å²) in [5.41, 5.74) is 17.6. The van der Waals surface area contributed by atoms with Crippen molar-refractivity contribution in [1.82, 2.24) is 19.9 Å². The van der Waals surface area contributed by atoms with E-state index in [0.29, 0.717) is 4.58 Å². The largest absolute Gasteiger partial charge is 0.354 e. The van der Waals surface area contributed by atoms with Crippen LogP contribution in [0.4, 0.5) is 0 Å². The zero-order valence-corrected chi connectivity index (χ0v) is 35.4. The van der Waals surface area contributed by atoms with Crippen molar-refractivity contribution in [3.05, 3.63) is 192 Å². The molecule has 0 aliphatic carbocycles. The number of nitrogens with zero attached hydrogens (tertiary/aromatic N) is 2. The summed E-state index contributed by atoms with van der Waals surface area (Å²) in [6.07, 6.45) is 9.97. The minimum atomic E-state index is 0.427. The van der Waals surface area contributed by atoms with E-state index < -0.39 is 0 Å². The molecule has 0 atom stereocenters. The third-order valence-corrected chi connectivity index (χ3v) is 15.2. The fraction of sp³-hybridized carbons (Fsp3) is 0.0714. The first kappa shape index (κ1) is 36.9. The number of nitrogens with one attached hydrogen (secondary N) is 2. The lowest BCUT2D eigenvalue weighted by molar-refractivity contribution is 1.10. The minimum Gasteiger partial charge on any atom is -0.354 e. The Bertz CT molecular complexity index is 3400. The maximum absolute atomic E-state index is 5.60. The molecular formula is C56H40N4S2. The van der Waals surface area contributed by atoms with Gasteiger partial charge < -0.3 is 9.97 Å². The molecule has 9 aromatic rings. The van der Waals surface area contributed by atoms with Gasteiger partial charge in [0.2, 0.25) is 0 Å². The fourth-order valence-corrected chi connectivity index (χ4v) is 12.3. The van der Waals surface area contributed by atoms with Crippen LogP contribution < -0.4 is 0 Å². The molecule has 0 saturated carbocycles. The summed E-state index contributed by atoms with van der Waals surface area (Å²) in [6.45, 7) is 0. The lowest BCUT2D eigenvalue weighted by atomic mass is 9.93. The topological polar surface area (TPSA) is 57.4 Å². The Hall–Kier alpha value is -6.86. The third-order valence-electron chi connectivity index (χ3n) is 12.2. The average Bonchev–Trinajstić information content (AvgIpc) is 4.18. The number of hydrogen-bond acceptors (Lipinski definition) is 4. The summed E-state index contributed by atoms with van der Waals surface area (Å²) in [5.74, 6) is 2.40. The smallest absolute Gasteiger partial charge is 0.0757 e. The van der Waals surface area contributed by atoms with Gasteiger partial charge in [-0.3, -0.25) is 0 Å². The molecule has 62 heavy (non-hydrogen) atoms. The molecule has 6 heteroatoms. The van der Waals surface area contributed by atoms with Crippen LogP contribution in [0.3, 0.4) is 0 Å². The van der Waals surface area contributed by atoms with E-state index >= 15 is 0 Å². The van der Waals surface area contributed by atoms with Crippen molar-refractivity contribution in [3.63, 3.8) is 0 Å². The summed E-state index contributed by atoms with van der Waals surface area (Å²) in [4.78, 5) is 18.9. The van der Waals surface area contributed by atoms with Crippen molar-refractivity contribution in [2.24, 2.45) is 0 Å². The van der Waals surface area contributed by atoms with Crippen molar-refractivity contribution in [3.8, 4) is 44.5 Å². The van der Waals surface area contributed by atoms with Gasteiger partial charge in [0.25, 0.3) is 0 Å². The second kappa shape index (κ2) is 15.6. The van der Waals surface area contributed by atoms with Gasteiger partial charge in [-0.05, 0) is 128 Å². The number of fused-ring (bicyclic) bond motifs is 10. The predicted molar refractivity (Wildman–Crippen MR) is 268 cm³/mol. The van der Waals surface area contributed by atoms with Gasteiger partial charge in [-0.15, -0.1) is 23.5 Å². The van der Waals surface area contributed by atoms with Gasteiger partial charge in [0.05, 0.1) is 27.4 Å². The summed E-state index contributed by atoms with van der Waals surface area (Å²) < 4.78 is 0.427. The first-order chi connectivity index (χ1) is 30.7. The summed E-state index contributed by atoms with van der Waals surface area (Å²) in [6, 6.07) is 59.0. The number of aromatic amines is 2. The molecule has 0 radical (unpaired) electrons. The number of rotatable bonds is 5. The molecule has 296 valence electrons. The number of benzene rings is 6. The van der Waals surface area contributed by atoms with E-state index in [9.17, 15) is 0 Å². The monoisotopic (exact) mass is 832 g/mol. The molecule has 3 aliphatic rings. The molecule has 0 amide bonds. The number of hydrogen-bond donors (Lipinski definition) is 2. The van der Waals surface area contributed by atoms with Gasteiger partial charge in [0, 0.05) is 44.3 Å². The van der Waals surface area contributed by atoms with Crippen molar-refractivity contribution in [1.29, 1.82) is 0 Å². The third kappa shape index (κ3) is 6.49. The predicted octanol–water partition coefficient (Wildman–Crippen LogP) is 15.5. The zero-order valence-electron chi connectivity index (χ0n) is 33.8. The standard InChI is InChI=1S/C56H40N4S2/c1-4-13-35(14-5-1)52-44-23-25-46(57-44)53(36-15-6-2-7-16-36)48-27-29-50(59-48)55(51-30-28-49(60-51)54(37-17-8-3-9-18-37)47-26-24-45(52)58-47)40-21-10-19-38-33-39-20-11-22-41(43(39)34-42(38)40)56-61-31-12-32-62-56/h1-11,13-30,33-34,56-57,60H,12,31-32H2. The van der Waals surface area contributed by atoms with E-state index in [2.05, 4.69) is 222 Å². The van der Waals surface area contributed by atoms with Crippen LogP contribution in [-0.4, -0.2) is 31.4 Å². The first-order valence-corrected chi connectivity index (χ1v) is 23.3. The molecule has 6 aromatic carbocycles. The van der Waals surface area contributed by atoms with Crippen molar-refractivity contribution in [2.45, 2.75) is 11.0 Å². The summed E-state index contributed by atoms with van der Waals surface area (Å²) in [7, 11) is 0. The van der Waals surface area contributed by atoms with Crippen molar-refractivity contribution in [2.75, 3.05) is 11.5 Å². The highest BCUT2D eigenvalue weighted by molar-refractivity contribution is 8.16. The van der Waals surface area contributed by atoms with Gasteiger partial charge in [-0.2, -0.15) is 0 Å². The number of H-pyrrole nitrogens is 2. The Kier molecular flexibility index (Phi) is 9.27. The Morgan fingerprint density at radius 1 is 0.403 bits per heavy atom. The second-order valence-electron chi connectivity index (χ2n) is 16.0. The van der Waals surface area contributed by atoms with E-state index in [1.54, 1.807) is 0 Å². The molecule has 0 spiro atoms. The highest BCUT2D eigenvalue weighted by atomic mass is 32.2. The van der Waals surface area contributed by atoms with E-state index in [4.69, 9.17) is 9.97 Å². The lowest BCUT2D eigenvalue weighted by Crippen LogP contribution is -2.00. The normalized spacial score (nSPS) is 13.9. The van der Waals surface area contributed by atoms with Gasteiger partial charge >= 0.3 is 0 Å². The number of aromatic nitrogens is 4. The van der Waals surface area contributed by atoms with Crippen LogP contribution in [-0.2, 0) is 0 Å². The van der Waals surface area contributed by atoms with Gasteiger partial charge in [-0.1, -0.05) is 127 Å². The minimum absolute atomic E-state index is 0.427. The van der Waals surface area contributed by atoms with Crippen molar-refractivity contribution >= 4 is 91.4 Å². The van der Waals surface area contributed by atoms with E-state index in [-0.39, 0.29) is 0 Å². The van der Waals surface area contributed by atoms with Crippen LogP contribution in [0.25, 0.3) is 112 Å². The molecule has 3 aromatic heterocycles. The van der Waals surface area contributed by atoms with Crippen LogP contribution in [0.15, 0.2) is 164 Å². The van der Waals surface area contributed by atoms with Crippen LogP contribution in [0.1, 0.15) is 39.3 Å². The molecular weight excluding hydrogens is 793 g/mol. The van der Waals surface area contributed by atoms with Crippen LogP contribution >= 0.6 is 23.5 Å². The highest BCUT2D eigenvalue weighted by Gasteiger charge is 2.22. The van der Waals surface area contributed by atoms with Crippen LogP contribution in [0, 0.1) is 0 Å². The Morgan fingerprint density at radius 3 is 1.34 bits per heavy atom. The fourth-order valence-electron chi connectivity index (χ4n) is 9.38. The summed E-state index contributed by atoms with van der Waals surface area (Å²) in [5, 5.41) is 5.02. The molecule has 8 bridgehead atoms. The lowest BCUT2D eigenvalue weighted by Gasteiger charge is -2.23. The number of thioether (sulfide) groups is 2. The quantitative estimate of drug-likeness (QED) is 0.170. The van der Waals surface area contributed by atoms with Gasteiger partial charge in [-0.25, -0.2) is 9.97 Å². The average molecular weight is 833 g/mol. The van der Waals surface area contributed by atoms with E-state index in [1.807, 2.05) is 0 Å². The second-order valence-corrected chi connectivity index (χ2v) is 18.7. The molecule has 1 saturated heterocycles.